The van der Waals surface area contributed by atoms with Crippen LogP contribution in [0, 0.1) is 0 Å². The van der Waals surface area contributed by atoms with Gasteiger partial charge < -0.3 is 0 Å². The van der Waals surface area contributed by atoms with E-state index in [1.54, 1.807) is 5.43 Å². The SMILES string of the molecule is FC1(F)CNN1. The van der Waals surface area contributed by atoms with Gasteiger partial charge in [-0.2, -0.15) is 14.2 Å². The molecular weight excluding hydrogens is 90.0 g/mol. The van der Waals surface area contributed by atoms with E-state index >= 15 is 0 Å². The van der Waals surface area contributed by atoms with Crippen molar-refractivity contribution in [1.82, 2.24) is 10.9 Å². The van der Waals surface area contributed by atoms with Crippen molar-refractivity contribution >= 4 is 0 Å². The van der Waals surface area contributed by atoms with Crippen molar-refractivity contribution in [3.63, 3.8) is 0 Å². The van der Waals surface area contributed by atoms with Crippen molar-refractivity contribution in [3.05, 3.63) is 0 Å². The fraction of sp³-hybridized carbons (Fsp3) is 1.00. The topological polar surface area (TPSA) is 24.1 Å². The van der Waals surface area contributed by atoms with Gasteiger partial charge in [0, 0.05) is 0 Å². The number of hydrazine groups is 1. The van der Waals surface area contributed by atoms with E-state index in [1.165, 1.54) is 0 Å². The van der Waals surface area contributed by atoms with Crippen molar-refractivity contribution in [3.8, 4) is 0 Å². The highest BCUT2D eigenvalue weighted by Gasteiger charge is 2.35. The molecule has 0 unspecified atom stereocenters. The van der Waals surface area contributed by atoms with Gasteiger partial charge in [0.1, 0.15) is 0 Å². The quantitative estimate of drug-likeness (QED) is 0.402. The molecule has 36 valence electrons. The van der Waals surface area contributed by atoms with Crippen molar-refractivity contribution in [2.45, 2.75) is 6.05 Å². The average molecular weight is 94.1 g/mol. The molecule has 0 aromatic carbocycles. The molecule has 1 rings (SSSR count). The molecule has 0 bridgehead atoms. The average Bonchev–Trinajstić information content (AvgIpc) is 1.32. The second-order valence-corrected chi connectivity index (χ2v) is 1.18. The van der Waals surface area contributed by atoms with E-state index < -0.39 is 6.05 Å². The number of nitrogens with one attached hydrogen (secondary N) is 2. The standard InChI is InChI=1S/C2H4F2N2/c3-2(4)1-5-6-2/h5-6H,1H2. The van der Waals surface area contributed by atoms with Gasteiger partial charge in [-0.3, -0.25) is 0 Å². The first kappa shape index (κ1) is 3.95. The highest BCUT2D eigenvalue weighted by molar-refractivity contribution is 4.71. The zero-order valence-electron chi connectivity index (χ0n) is 2.96. The molecule has 1 aliphatic heterocycles. The summed E-state index contributed by atoms with van der Waals surface area (Å²) in [4.78, 5) is 0. The van der Waals surface area contributed by atoms with Crippen LogP contribution in [0.4, 0.5) is 8.78 Å². The van der Waals surface area contributed by atoms with Crippen LogP contribution in [0.15, 0.2) is 0 Å². The summed E-state index contributed by atoms with van der Waals surface area (Å²) in [6.07, 6.45) is 0. The molecule has 0 atom stereocenters. The third-order valence-electron chi connectivity index (χ3n) is 0.582. The maximum absolute atomic E-state index is 11.4. The Bertz CT molecular complexity index is 56.6. The summed E-state index contributed by atoms with van der Waals surface area (Å²) in [5, 5.41) is 0. The molecule has 4 heteroatoms. The van der Waals surface area contributed by atoms with E-state index in [-0.39, 0.29) is 6.54 Å². The summed E-state index contributed by atoms with van der Waals surface area (Å²) < 4.78 is 22.7. The molecule has 0 radical (unpaired) electrons. The van der Waals surface area contributed by atoms with E-state index in [0.717, 1.165) is 0 Å². The molecule has 6 heavy (non-hydrogen) atoms. The predicted octanol–water partition coefficient (Wildman–Crippen LogP) is -0.313. The molecule has 1 heterocycles. The van der Waals surface area contributed by atoms with Gasteiger partial charge in [-0.1, -0.05) is 0 Å². The lowest BCUT2D eigenvalue weighted by Crippen LogP contribution is -2.64. The third-order valence-corrected chi connectivity index (χ3v) is 0.582. The molecule has 2 nitrogen and oxygen atoms in total. The monoisotopic (exact) mass is 94.0 g/mol. The van der Waals surface area contributed by atoms with Crippen LogP contribution in [0.5, 0.6) is 0 Å². The number of hydrogen-bond acceptors (Lipinski definition) is 2. The fourth-order valence-corrected chi connectivity index (χ4v) is 0.222. The van der Waals surface area contributed by atoms with Crippen LogP contribution >= 0.6 is 0 Å². The minimum atomic E-state index is -2.64. The molecule has 0 amide bonds. The Balaban J connectivity index is 2.31. The fourth-order valence-electron chi connectivity index (χ4n) is 0.222. The highest BCUT2D eigenvalue weighted by Crippen LogP contribution is 2.10. The summed E-state index contributed by atoms with van der Waals surface area (Å²) >= 11 is 0. The Morgan fingerprint density at radius 2 is 1.83 bits per heavy atom. The Labute approximate surface area is 33.5 Å². The van der Waals surface area contributed by atoms with Gasteiger partial charge in [0.15, 0.2) is 0 Å². The van der Waals surface area contributed by atoms with E-state index in [4.69, 9.17) is 0 Å². The summed E-state index contributed by atoms with van der Waals surface area (Å²) in [6, 6.07) is -2.64. The number of halogens is 2. The minimum Gasteiger partial charge on any atom is -0.245 e. The Kier molecular flexibility index (Phi) is 0.584. The molecule has 0 aromatic rings. The van der Waals surface area contributed by atoms with E-state index in [9.17, 15) is 8.78 Å². The first-order valence-corrected chi connectivity index (χ1v) is 1.59. The zero-order valence-corrected chi connectivity index (χ0v) is 2.96. The molecular formula is C2H4F2N2. The predicted molar refractivity (Wildman–Crippen MR) is 16.1 cm³/mol. The zero-order chi connectivity index (χ0) is 4.62. The molecule has 1 saturated heterocycles. The first-order valence-electron chi connectivity index (χ1n) is 1.59. The maximum Gasteiger partial charge on any atom is 0.328 e. The Morgan fingerprint density at radius 1 is 1.50 bits per heavy atom. The first-order chi connectivity index (χ1) is 2.71. The van der Waals surface area contributed by atoms with Crippen LogP contribution in [0.1, 0.15) is 0 Å². The van der Waals surface area contributed by atoms with Gasteiger partial charge in [0.05, 0.1) is 6.54 Å². The van der Waals surface area contributed by atoms with Gasteiger partial charge in [-0.15, -0.1) is 0 Å². The van der Waals surface area contributed by atoms with Crippen molar-refractivity contribution in [2.24, 2.45) is 0 Å². The van der Waals surface area contributed by atoms with Gasteiger partial charge in [-0.25, -0.2) is 5.43 Å². The second kappa shape index (κ2) is 0.886. The number of rotatable bonds is 0. The van der Waals surface area contributed by atoms with Crippen LogP contribution in [0.3, 0.4) is 0 Å². The normalized spacial score (nSPS) is 29.0. The lowest BCUT2D eigenvalue weighted by Gasteiger charge is -2.27. The van der Waals surface area contributed by atoms with Gasteiger partial charge in [-0.05, 0) is 0 Å². The van der Waals surface area contributed by atoms with Crippen LogP contribution in [0.25, 0.3) is 0 Å². The molecule has 0 aromatic heterocycles. The Morgan fingerprint density at radius 3 is 1.83 bits per heavy atom. The number of alkyl halides is 2. The minimum absolute atomic E-state index is 0.243. The Hall–Kier alpha value is -0.220. The van der Waals surface area contributed by atoms with Crippen LogP contribution < -0.4 is 10.9 Å². The van der Waals surface area contributed by atoms with Gasteiger partial charge in [0.25, 0.3) is 0 Å². The van der Waals surface area contributed by atoms with E-state index in [0.29, 0.717) is 0 Å². The summed E-state index contributed by atoms with van der Waals surface area (Å²) in [5.74, 6) is 0. The summed E-state index contributed by atoms with van der Waals surface area (Å²) in [5.41, 5.74) is 3.90. The van der Waals surface area contributed by atoms with Crippen molar-refractivity contribution < 1.29 is 8.78 Å². The summed E-state index contributed by atoms with van der Waals surface area (Å²) in [7, 11) is 0. The van der Waals surface area contributed by atoms with E-state index in [2.05, 4.69) is 5.43 Å². The van der Waals surface area contributed by atoms with Crippen LogP contribution in [-0.2, 0) is 0 Å². The van der Waals surface area contributed by atoms with Crippen LogP contribution in [-0.4, -0.2) is 12.6 Å². The number of hydrogen-bond donors (Lipinski definition) is 2. The molecule has 1 aliphatic rings. The molecule has 1 fully saturated rings. The smallest absolute Gasteiger partial charge is 0.245 e. The molecule has 0 aliphatic carbocycles. The second-order valence-electron chi connectivity index (χ2n) is 1.18. The van der Waals surface area contributed by atoms with E-state index in [1.807, 2.05) is 0 Å². The highest BCUT2D eigenvalue weighted by atomic mass is 19.3. The summed E-state index contributed by atoms with van der Waals surface area (Å²) in [6.45, 7) is -0.243. The largest absolute Gasteiger partial charge is 0.328 e. The van der Waals surface area contributed by atoms with Gasteiger partial charge in [0.2, 0.25) is 0 Å². The van der Waals surface area contributed by atoms with Crippen molar-refractivity contribution in [2.75, 3.05) is 6.54 Å². The molecule has 2 N–H and O–H groups in total. The molecule has 0 saturated carbocycles. The van der Waals surface area contributed by atoms with Gasteiger partial charge >= 0.3 is 6.05 Å². The lowest BCUT2D eigenvalue weighted by molar-refractivity contribution is -0.109. The molecule has 0 spiro atoms. The lowest BCUT2D eigenvalue weighted by atomic mass is 10.5. The van der Waals surface area contributed by atoms with Crippen molar-refractivity contribution in [1.29, 1.82) is 0 Å². The third kappa shape index (κ3) is 0.483. The maximum atomic E-state index is 11.4. The van der Waals surface area contributed by atoms with Crippen LogP contribution in [0.2, 0.25) is 0 Å².